The van der Waals surface area contributed by atoms with E-state index in [1.807, 2.05) is 30.3 Å². The maximum Gasteiger partial charge on any atom is 0.305 e. The molecule has 4 N–H and O–H groups in total. The van der Waals surface area contributed by atoms with Gasteiger partial charge in [-0.15, -0.1) is 0 Å². The van der Waals surface area contributed by atoms with Crippen LogP contribution in [-0.4, -0.2) is 17.9 Å². The van der Waals surface area contributed by atoms with E-state index in [9.17, 15) is 9.59 Å². The Bertz CT molecular complexity index is 989. The molecule has 1 aliphatic rings. The molecule has 8 heteroatoms. The molecule has 2 heterocycles. The van der Waals surface area contributed by atoms with Crippen molar-refractivity contribution in [1.82, 2.24) is 21.7 Å². The molecular weight excluding hydrogens is 368 g/mol. The number of carbonyl (C=O) groups is 2. The Morgan fingerprint density at radius 2 is 1.85 bits per heavy atom. The average molecular weight is 385 g/mol. The van der Waals surface area contributed by atoms with Crippen LogP contribution in [0.25, 0.3) is 11.0 Å². The van der Waals surface area contributed by atoms with Gasteiger partial charge >= 0.3 is 5.91 Å². The zero-order valence-corrected chi connectivity index (χ0v) is 14.9. The fourth-order valence-electron chi connectivity index (χ4n) is 3.03. The average Bonchev–Trinajstić information content (AvgIpc) is 3.33. The van der Waals surface area contributed by atoms with Gasteiger partial charge in [-0.3, -0.25) is 20.4 Å². The zero-order valence-electron chi connectivity index (χ0n) is 14.2. The molecular formula is C19H17ClN4O3. The minimum Gasteiger partial charge on any atom is -0.451 e. The molecule has 0 bridgehead atoms. The Kier molecular flexibility index (Phi) is 4.81. The number of fused-ring (bicyclic) bond motifs is 1. The van der Waals surface area contributed by atoms with E-state index < -0.39 is 11.9 Å². The van der Waals surface area contributed by atoms with E-state index in [1.165, 1.54) is 0 Å². The molecule has 1 fully saturated rings. The zero-order chi connectivity index (χ0) is 18.8. The van der Waals surface area contributed by atoms with Gasteiger partial charge in [-0.05, 0) is 36.2 Å². The van der Waals surface area contributed by atoms with Crippen LogP contribution in [0.4, 0.5) is 0 Å². The highest BCUT2D eigenvalue weighted by Crippen LogP contribution is 2.23. The fourth-order valence-corrected chi connectivity index (χ4v) is 3.21. The van der Waals surface area contributed by atoms with Crippen LogP contribution < -0.4 is 21.7 Å². The highest BCUT2D eigenvalue weighted by atomic mass is 35.5. The van der Waals surface area contributed by atoms with Crippen LogP contribution in [-0.2, 0) is 4.79 Å². The summed E-state index contributed by atoms with van der Waals surface area (Å²) in [5.74, 6) is -0.790. The summed E-state index contributed by atoms with van der Waals surface area (Å²) in [5, 5.41) is 1.27. The van der Waals surface area contributed by atoms with E-state index in [0.717, 1.165) is 5.56 Å². The number of benzene rings is 2. The number of furan rings is 1. The topological polar surface area (TPSA) is 95.4 Å². The Labute approximate surface area is 160 Å². The summed E-state index contributed by atoms with van der Waals surface area (Å²) < 4.78 is 5.47. The number of rotatable bonds is 3. The molecule has 0 aliphatic carbocycles. The maximum atomic E-state index is 12.3. The summed E-state index contributed by atoms with van der Waals surface area (Å²) in [6, 6.07) is 16.0. The molecule has 27 heavy (non-hydrogen) atoms. The lowest BCUT2D eigenvalue weighted by molar-refractivity contribution is -0.123. The van der Waals surface area contributed by atoms with Crippen molar-refractivity contribution < 1.29 is 14.0 Å². The summed E-state index contributed by atoms with van der Waals surface area (Å²) in [4.78, 5) is 24.5. The Morgan fingerprint density at radius 3 is 2.67 bits per heavy atom. The monoisotopic (exact) mass is 384 g/mol. The third-order valence-electron chi connectivity index (χ3n) is 4.42. The third-order valence-corrected chi connectivity index (χ3v) is 4.66. The van der Waals surface area contributed by atoms with Crippen LogP contribution in [0, 0.1) is 0 Å². The summed E-state index contributed by atoms with van der Waals surface area (Å²) in [6.45, 7) is 0. The number of halogens is 1. The molecule has 2 atom stereocenters. The predicted molar refractivity (Wildman–Crippen MR) is 101 cm³/mol. The van der Waals surface area contributed by atoms with Gasteiger partial charge in [0.05, 0.1) is 0 Å². The van der Waals surface area contributed by atoms with Gasteiger partial charge in [-0.2, -0.15) is 0 Å². The third kappa shape index (κ3) is 3.80. The minimum absolute atomic E-state index is 0.0257. The Hall–Kier alpha value is -2.87. The number of carbonyl (C=O) groups excluding carboxylic acids is 2. The molecule has 0 saturated carbocycles. The van der Waals surface area contributed by atoms with E-state index in [2.05, 4.69) is 21.7 Å². The van der Waals surface area contributed by atoms with E-state index in [1.54, 1.807) is 24.3 Å². The molecule has 0 radical (unpaired) electrons. The normalized spacial score (nSPS) is 19.1. The number of nitrogens with one attached hydrogen (secondary N) is 4. The molecule has 138 valence electrons. The van der Waals surface area contributed by atoms with Crippen molar-refractivity contribution in [3.63, 3.8) is 0 Å². The van der Waals surface area contributed by atoms with Gasteiger partial charge in [0, 0.05) is 16.5 Å². The minimum atomic E-state index is -0.541. The van der Waals surface area contributed by atoms with Crippen LogP contribution in [0.2, 0.25) is 5.02 Å². The van der Waals surface area contributed by atoms with Crippen molar-refractivity contribution in [2.75, 3.05) is 0 Å². The van der Waals surface area contributed by atoms with Gasteiger partial charge in [0.1, 0.15) is 11.6 Å². The molecule has 1 saturated heterocycles. The molecule has 7 nitrogen and oxygen atoms in total. The van der Waals surface area contributed by atoms with Gasteiger partial charge < -0.3 is 4.42 Å². The van der Waals surface area contributed by atoms with Crippen LogP contribution in [0.5, 0.6) is 0 Å². The van der Waals surface area contributed by atoms with Crippen molar-refractivity contribution >= 4 is 34.4 Å². The van der Waals surface area contributed by atoms with Crippen molar-refractivity contribution in [1.29, 1.82) is 0 Å². The van der Waals surface area contributed by atoms with Crippen LogP contribution in [0.3, 0.4) is 0 Å². The first-order chi connectivity index (χ1) is 13.1. The number of hydrogen-bond donors (Lipinski definition) is 4. The smallest absolute Gasteiger partial charge is 0.305 e. The molecule has 1 aromatic heterocycles. The lowest BCUT2D eigenvalue weighted by Gasteiger charge is -2.11. The van der Waals surface area contributed by atoms with Crippen molar-refractivity contribution in [2.24, 2.45) is 0 Å². The van der Waals surface area contributed by atoms with E-state index in [4.69, 9.17) is 16.0 Å². The fraction of sp³-hybridized carbons (Fsp3) is 0.158. The first-order valence-corrected chi connectivity index (χ1v) is 8.83. The van der Waals surface area contributed by atoms with Crippen LogP contribution >= 0.6 is 11.6 Å². The summed E-state index contributed by atoms with van der Waals surface area (Å²) in [7, 11) is 0. The van der Waals surface area contributed by atoms with Gasteiger partial charge in [0.15, 0.2) is 5.76 Å². The van der Waals surface area contributed by atoms with Crippen molar-refractivity contribution in [2.45, 2.75) is 18.5 Å². The number of hydrazine groups is 2. The molecule has 2 amide bonds. The lowest BCUT2D eigenvalue weighted by atomic mass is 10.0. The molecule has 0 spiro atoms. The Balaban J connectivity index is 1.34. The molecule has 4 rings (SSSR count). The van der Waals surface area contributed by atoms with Gasteiger partial charge in [-0.25, -0.2) is 10.9 Å². The predicted octanol–water partition coefficient (Wildman–Crippen LogP) is 2.46. The number of amides is 2. The molecule has 3 aromatic rings. The van der Waals surface area contributed by atoms with E-state index in [0.29, 0.717) is 22.4 Å². The summed E-state index contributed by atoms with van der Waals surface area (Å²) >= 11 is 5.93. The second kappa shape index (κ2) is 7.40. The standard InChI is InChI=1S/C19H17ClN4O3/c20-13-6-7-16-12(8-13)9-17(27-16)19(26)24-23-18(25)15-10-14(21-22-15)11-4-2-1-3-5-11/h1-9,14-15,21-22H,10H2,(H,23,25)(H,24,26). The summed E-state index contributed by atoms with van der Waals surface area (Å²) in [6.07, 6.45) is 0.564. The molecule has 2 aromatic carbocycles. The van der Waals surface area contributed by atoms with Gasteiger partial charge in [0.25, 0.3) is 5.91 Å². The highest BCUT2D eigenvalue weighted by molar-refractivity contribution is 6.31. The van der Waals surface area contributed by atoms with Gasteiger partial charge in [0.2, 0.25) is 0 Å². The van der Waals surface area contributed by atoms with Gasteiger partial charge in [-0.1, -0.05) is 41.9 Å². The summed E-state index contributed by atoms with van der Waals surface area (Å²) in [5.41, 5.74) is 12.5. The highest BCUT2D eigenvalue weighted by Gasteiger charge is 2.30. The number of hydrogen-bond acceptors (Lipinski definition) is 5. The molecule has 1 aliphatic heterocycles. The second-order valence-electron chi connectivity index (χ2n) is 6.28. The first-order valence-electron chi connectivity index (χ1n) is 8.45. The van der Waals surface area contributed by atoms with E-state index >= 15 is 0 Å². The first kappa shape index (κ1) is 17.5. The lowest BCUT2D eigenvalue weighted by Crippen LogP contribution is -2.50. The van der Waals surface area contributed by atoms with Crippen LogP contribution in [0.1, 0.15) is 28.6 Å². The van der Waals surface area contributed by atoms with Crippen LogP contribution in [0.15, 0.2) is 59.0 Å². The molecule has 2 unspecified atom stereocenters. The largest absolute Gasteiger partial charge is 0.451 e. The van der Waals surface area contributed by atoms with E-state index in [-0.39, 0.29) is 17.7 Å². The SMILES string of the molecule is O=C(NNC(=O)C1CC(c2ccccc2)NN1)c1cc2cc(Cl)ccc2o1. The van der Waals surface area contributed by atoms with Crippen molar-refractivity contribution in [3.05, 3.63) is 70.9 Å². The van der Waals surface area contributed by atoms with Crippen molar-refractivity contribution in [3.8, 4) is 0 Å². The maximum absolute atomic E-state index is 12.3. The Morgan fingerprint density at radius 1 is 1.04 bits per heavy atom. The quantitative estimate of drug-likeness (QED) is 0.520. The second-order valence-corrected chi connectivity index (χ2v) is 6.71.